The topological polar surface area (TPSA) is 101 Å². The van der Waals surface area contributed by atoms with Crippen LogP contribution in [-0.2, 0) is 13.6 Å². The Morgan fingerprint density at radius 2 is 1.79 bits per heavy atom. The van der Waals surface area contributed by atoms with E-state index in [1.54, 1.807) is 7.05 Å². The smallest absolute Gasteiger partial charge is 0.329 e. The molecule has 2 aliphatic heterocycles. The first-order valence-corrected chi connectivity index (χ1v) is 10.5. The maximum atomic E-state index is 12.6. The molecule has 154 valence electrons. The van der Waals surface area contributed by atoms with Gasteiger partial charge >= 0.3 is 5.69 Å². The fourth-order valence-corrected chi connectivity index (χ4v) is 4.60. The normalized spacial score (nSPS) is 20.0. The second-order valence-corrected chi connectivity index (χ2v) is 8.23. The highest BCUT2D eigenvalue weighted by Crippen LogP contribution is 2.23. The molecule has 2 aliphatic rings. The van der Waals surface area contributed by atoms with E-state index in [1.165, 1.54) is 35.2 Å². The Morgan fingerprint density at radius 3 is 2.50 bits per heavy atom. The predicted molar refractivity (Wildman–Crippen MR) is 107 cm³/mol. The van der Waals surface area contributed by atoms with Crippen molar-refractivity contribution in [3.8, 4) is 0 Å². The van der Waals surface area contributed by atoms with Crippen molar-refractivity contribution in [2.24, 2.45) is 7.05 Å². The number of nitrogens with one attached hydrogen (secondary N) is 2. The molecule has 2 saturated heterocycles. The number of anilines is 1. The standard InChI is InChI=1S/C19H30N6O3/c1-22-16-15(17(27)21-19(22)28)25(18(20-16)24-10-6-3-7-11-24)13-14(26)12-23-8-4-2-5-9-23/h14,26H,2-13H2,1H3,(H,21,27,28)/p+1/t14-/m0/s1. The van der Waals surface area contributed by atoms with Crippen LogP contribution in [0.3, 0.4) is 0 Å². The molecule has 0 saturated carbocycles. The molecule has 2 aromatic heterocycles. The first-order chi connectivity index (χ1) is 13.5. The summed E-state index contributed by atoms with van der Waals surface area (Å²) in [6, 6.07) is 0. The molecule has 4 rings (SSSR count). The number of fused-ring (bicyclic) bond motifs is 1. The van der Waals surface area contributed by atoms with Gasteiger partial charge in [-0.15, -0.1) is 0 Å². The molecule has 3 N–H and O–H groups in total. The number of aliphatic hydroxyl groups is 1. The van der Waals surface area contributed by atoms with Gasteiger partial charge in [-0.2, -0.15) is 4.98 Å². The first-order valence-electron chi connectivity index (χ1n) is 10.5. The lowest BCUT2D eigenvalue weighted by molar-refractivity contribution is -0.908. The molecule has 0 spiro atoms. The number of nitrogens with zero attached hydrogens (tertiary/aromatic N) is 4. The summed E-state index contributed by atoms with van der Waals surface area (Å²) in [5, 5.41) is 10.8. The van der Waals surface area contributed by atoms with Gasteiger partial charge in [0, 0.05) is 20.1 Å². The minimum Gasteiger partial charge on any atom is -0.385 e. The molecule has 1 atom stereocenters. The molecule has 0 aliphatic carbocycles. The Labute approximate surface area is 163 Å². The molecule has 28 heavy (non-hydrogen) atoms. The van der Waals surface area contributed by atoms with E-state index >= 15 is 0 Å². The Hall–Kier alpha value is -2.13. The quantitative estimate of drug-likeness (QED) is 0.597. The fraction of sp³-hybridized carbons (Fsp3) is 0.737. The number of hydrogen-bond acceptors (Lipinski definition) is 5. The van der Waals surface area contributed by atoms with E-state index in [0.717, 1.165) is 39.0 Å². The first kappa shape index (κ1) is 19.2. The number of aliphatic hydroxyl groups excluding tert-OH is 1. The summed E-state index contributed by atoms with van der Waals surface area (Å²) < 4.78 is 3.20. The average Bonchev–Trinajstić information content (AvgIpc) is 3.07. The zero-order valence-corrected chi connectivity index (χ0v) is 16.6. The number of aromatic amines is 1. The SMILES string of the molecule is Cn1c(=O)[nH]c(=O)c2c1nc(N1CCCCC1)n2C[C@@H](O)C[NH+]1CCCCC1. The molecule has 9 nitrogen and oxygen atoms in total. The molecular formula is C19H31N6O3+. The predicted octanol–water partition coefficient (Wildman–Crippen LogP) is -1.16. The maximum Gasteiger partial charge on any atom is 0.329 e. The van der Waals surface area contributed by atoms with Crippen LogP contribution in [0.5, 0.6) is 0 Å². The van der Waals surface area contributed by atoms with Crippen LogP contribution < -0.4 is 21.0 Å². The molecule has 0 radical (unpaired) electrons. The van der Waals surface area contributed by atoms with Crippen molar-refractivity contribution in [1.29, 1.82) is 0 Å². The summed E-state index contributed by atoms with van der Waals surface area (Å²) in [7, 11) is 1.62. The van der Waals surface area contributed by atoms with Gasteiger partial charge in [0.1, 0.15) is 12.6 Å². The molecule has 0 unspecified atom stereocenters. The number of hydrogen-bond donors (Lipinski definition) is 3. The minimum absolute atomic E-state index is 0.313. The third kappa shape index (κ3) is 3.73. The molecule has 0 aromatic carbocycles. The van der Waals surface area contributed by atoms with Gasteiger partial charge in [-0.3, -0.25) is 14.3 Å². The zero-order valence-electron chi connectivity index (χ0n) is 16.6. The number of rotatable bonds is 5. The van der Waals surface area contributed by atoms with Crippen molar-refractivity contribution in [2.75, 3.05) is 37.6 Å². The summed E-state index contributed by atoms with van der Waals surface area (Å²) in [5.74, 6) is 0.689. The number of quaternary nitrogens is 1. The highest BCUT2D eigenvalue weighted by Gasteiger charge is 2.26. The lowest BCUT2D eigenvalue weighted by Gasteiger charge is -2.29. The molecular weight excluding hydrogens is 360 g/mol. The Bertz CT molecular complexity index is 934. The number of imidazole rings is 1. The average molecular weight is 391 g/mol. The lowest BCUT2D eigenvalue weighted by atomic mass is 10.1. The van der Waals surface area contributed by atoms with E-state index in [-0.39, 0.29) is 0 Å². The van der Waals surface area contributed by atoms with E-state index in [2.05, 4.69) is 14.9 Å². The maximum absolute atomic E-state index is 12.6. The molecule has 2 fully saturated rings. The van der Waals surface area contributed by atoms with Crippen LogP contribution in [0, 0.1) is 0 Å². The monoisotopic (exact) mass is 391 g/mol. The number of aryl methyl sites for hydroxylation is 1. The highest BCUT2D eigenvalue weighted by molar-refractivity contribution is 5.74. The summed E-state index contributed by atoms with van der Waals surface area (Å²) in [5.41, 5.74) is -0.153. The van der Waals surface area contributed by atoms with Crippen molar-refractivity contribution in [2.45, 2.75) is 51.2 Å². The Morgan fingerprint density at radius 1 is 1.11 bits per heavy atom. The van der Waals surface area contributed by atoms with Gasteiger partial charge in [-0.25, -0.2) is 4.79 Å². The minimum atomic E-state index is -0.564. The van der Waals surface area contributed by atoms with Gasteiger partial charge in [0.15, 0.2) is 11.2 Å². The van der Waals surface area contributed by atoms with E-state index < -0.39 is 17.4 Å². The van der Waals surface area contributed by atoms with Gasteiger partial charge in [0.25, 0.3) is 5.56 Å². The summed E-state index contributed by atoms with van der Waals surface area (Å²) in [6.07, 6.45) is 6.47. The van der Waals surface area contributed by atoms with Gasteiger partial charge in [-0.05, 0) is 38.5 Å². The van der Waals surface area contributed by atoms with E-state index in [1.807, 2.05) is 4.57 Å². The number of H-pyrrole nitrogens is 1. The molecule has 0 bridgehead atoms. The van der Waals surface area contributed by atoms with Crippen LogP contribution in [0.4, 0.5) is 5.95 Å². The lowest BCUT2D eigenvalue weighted by Crippen LogP contribution is -3.13. The van der Waals surface area contributed by atoms with Crippen LogP contribution in [0.1, 0.15) is 38.5 Å². The van der Waals surface area contributed by atoms with Gasteiger partial charge in [0.2, 0.25) is 5.95 Å². The van der Waals surface area contributed by atoms with Crippen molar-refractivity contribution in [3.05, 3.63) is 20.8 Å². The summed E-state index contributed by atoms with van der Waals surface area (Å²) >= 11 is 0. The third-order valence-electron chi connectivity index (χ3n) is 6.10. The number of likely N-dealkylation sites (tertiary alicyclic amines) is 1. The molecule has 9 heteroatoms. The van der Waals surface area contributed by atoms with Crippen LogP contribution in [0.15, 0.2) is 9.59 Å². The highest BCUT2D eigenvalue weighted by atomic mass is 16.3. The van der Waals surface area contributed by atoms with Crippen LogP contribution in [-0.4, -0.2) is 63.0 Å². The third-order valence-corrected chi connectivity index (χ3v) is 6.10. The van der Waals surface area contributed by atoms with Crippen molar-refractivity contribution in [1.82, 2.24) is 19.1 Å². The molecule has 2 aromatic rings. The van der Waals surface area contributed by atoms with E-state index in [0.29, 0.717) is 30.2 Å². The largest absolute Gasteiger partial charge is 0.385 e. The van der Waals surface area contributed by atoms with Crippen molar-refractivity contribution >= 4 is 17.1 Å². The van der Waals surface area contributed by atoms with Crippen molar-refractivity contribution in [3.63, 3.8) is 0 Å². The van der Waals surface area contributed by atoms with E-state index in [4.69, 9.17) is 0 Å². The second kappa shape index (κ2) is 8.08. The Balaban J connectivity index is 1.70. The molecule has 4 heterocycles. The van der Waals surface area contributed by atoms with Gasteiger partial charge < -0.3 is 19.5 Å². The van der Waals surface area contributed by atoms with Gasteiger partial charge in [-0.1, -0.05) is 0 Å². The van der Waals surface area contributed by atoms with Crippen molar-refractivity contribution < 1.29 is 10.0 Å². The van der Waals surface area contributed by atoms with E-state index in [9.17, 15) is 14.7 Å². The number of aromatic nitrogens is 4. The fourth-order valence-electron chi connectivity index (χ4n) is 4.60. The van der Waals surface area contributed by atoms with Crippen LogP contribution >= 0.6 is 0 Å². The van der Waals surface area contributed by atoms with Crippen LogP contribution in [0.2, 0.25) is 0 Å². The number of piperidine rings is 2. The second-order valence-electron chi connectivity index (χ2n) is 8.23. The summed E-state index contributed by atoms with van der Waals surface area (Å²) in [4.78, 5) is 35.3. The van der Waals surface area contributed by atoms with Gasteiger partial charge in [0.05, 0.1) is 19.6 Å². The van der Waals surface area contributed by atoms with Crippen LogP contribution in [0.25, 0.3) is 11.2 Å². The summed E-state index contributed by atoms with van der Waals surface area (Å²) in [6.45, 7) is 4.92. The zero-order chi connectivity index (χ0) is 19.7. The Kier molecular flexibility index (Phi) is 5.54. The molecule has 0 amide bonds.